The Labute approximate surface area is 106 Å². The van der Waals surface area contributed by atoms with Gasteiger partial charge in [-0.05, 0) is 25.0 Å². The molecule has 0 aliphatic heterocycles. The molecule has 2 aromatic rings. The molecule has 5 nitrogen and oxygen atoms in total. The fourth-order valence-corrected chi connectivity index (χ4v) is 1.60. The van der Waals surface area contributed by atoms with E-state index in [9.17, 15) is 4.79 Å². The van der Waals surface area contributed by atoms with Gasteiger partial charge in [0.2, 0.25) is 0 Å². The molecular weight excluding hydrogens is 228 g/mol. The van der Waals surface area contributed by atoms with Crippen molar-refractivity contribution in [3.8, 4) is 0 Å². The van der Waals surface area contributed by atoms with Crippen molar-refractivity contribution in [1.29, 1.82) is 0 Å². The van der Waals surface area contributed by atoms with Crippen molar-refractivity contribution >= 4 is 11.7 Å². The highest BCUT2D eigenvalue weighted by Crippen LogP contribution is 2.04. The standard InChI is InChI=1S/C13H16N4O/c18-13(17-11-5-2-1-3-6-11)15-8-4-7-12-9-14-10-16-12/h1-3,5-6,9-10H,4,7-8H2,(H,14,16)(H2,15,17,18). The lowest BCUT2D eigenvalue weighted by Gasteiger charge is -2.06. The quantitative estimate of drug-likeness (QED) is 0.705. The number of hydrogen-bond acceptors (Lipinski definition) is 2. The number of para-hydroxylation sites is 1. The highest BCUT2D eigenvalue weighted by atomic mass is 16.2. The number of anilines is 1. The van der Waals surface area contributed by atoms with E-state index in [2.05, 4.69) is 20.6 Å². The van der Waals surface area contributed by atoms with Crippen LogP contribution in [-0.4, -0.2) is 22.5 Å². The molecule has 1 aromatic heterocycles. The Bertz CT molecular complexity index is 467. The zero-order valence-corrected chi connectivity index (χ0v) is 10.0. The van der Waals surface area contributed by atoms with Gasteiger partial charge >= 0.3 is 6.03 Å². The molecule has 0 fully saturated rings. The fourth-order valence-electron chi connectivity index (χ4n) is 1.60. The summed E-state index contributed by atoms with van der Waals surface area (Å²) in [5.41, 5.74) is 1.88. The molecule has 0 saturated carbocycles. The number of hydrogen-bond donors (Lipinski definition) is 3. The number of H-pyrrole nitrogens is 1. The number of benzene rings is 1. The summed E-state index contributed by atoms with van der Waals surface area (Å²) in [6, 6.07) is 9.20. The van der Waals surface area contributed by atoms with Gasteiger partial charge in [0.15, 0.2) is 0 Å². The summed E-state index contributed by atoms with van der Waals surface area (Å²) in [5, 5.41) is 5.57. The first-order valence-electron chi connectivity index (χ1n) is 5.92. The Balaban J connectivity index is 1.63. The molecular formula is C13H16N4O. The van der Waals surface area contributed by atoms with E-state index in [1.165, 1.54) is 0 Å². The largest absolute Gasteiger partial charge is 0.348 e. The molecule has 1 aromatic carbocycles. The number of amides is 2. The minimum Gasteiger partial charge on any atom is -0.348 e. The monoisotopic (exact) mass is 244 g/mol. The van der Waals surface area contributed by atoms with Crippen molar-refractivity contribution in [3.05, 3.63) is 48.5 Å². The lowest BCUT2D eigenvalue weighted by Crippen LogP contribution is -2.29. The van der Waals surface area contributed by atoms with Crippen LogP contribution in [0.2, 0.25) is 0 Å². The molecule has 3 N–H and O–H groups in total. The Hall–Kier alpha value is -2.30. The number of rotatable bonds is 5. The van der Waals surface area contributed by atoms with Gasteiger partial charge in [-0.1, -0.05) is 18.2 Å². The first kappa shape index (κ1) is 12.2. The van der Waals surface area contributed by atoms with Gasteiger partial charge in [0.1, 0.15) is 0 Å². The second kappa shape index (κ2) is 6.44. The topological polar surface area (TPSA) is 69.8 Å². The number of nitrogens with one attached hydrogen (secondary N) is 3. The van der Waals surface area contributed by atoms with Gasteiger partial charge in [0, 0.05) is 24.1 Å². The molecule has 2 amide bonds. The van der Waals surface area contributed by atoms with Crippen molar-refractivity contribution in [1.82, 2.24) is 15.3 Å². The fraction of sp³-hybridized carbons (Fsp3) is 0.231. The molecule has 1 heterocycles. The first-order chi connectivity index (χ1) is 8.84. The third kappa shape index (κ3) is 3.93. The van der Waals surface area contributed by atoms with Crippen LogP contribution in [0.5, 0.6) is 0 Å². The molecule has 0 spiro atoms. The van der Waals surface area contributed by atoms with Crippen LogP contribution in [0.15, 0.2) is 42.9 Å². The number of aromatic nitrogens is 2. The van der Waals surface area contributed by atoms with Crippen LogP contribution in [0, 0.1) is 0 Å². The highest BCUT2D eigenvalue weighted by molar-refractivity contribution is 5.89. The number of aromatic amines is 1. The Morgan fingerprint density at radius 2 is 2.11 bits per heavy atom. The molecule has 0 radical (unpaired) electrons. The number of nitrogens with zero attached hydrogens (tertiary/aromatic N) is 1. The van der Waals surface area contributed by atoms with Gasteiger partial charge in [-0.15, -0.1) is 0 Å². The molecule has 18 heavy (non-hydrogen) atoms. The summed E-state index contributed by atoms with van der Waals surface area (Å²) in [7, 11) is 0. The van der Waals surface area contributed by atoms with E-state index in [-0.39, 0.29) is 6.03 Å². The zero-order chi connectivity index (χ0) is 12.6. The minimum absolute atomic E-state index is 0.175. The Kier molecular flexibility index (Phi) is 4.35. The van der Waals surface area contributed by atoms with E-state index in [0.29, 0.717) is 6.54 Å². The van der Waals surface area contributed by atoms with Gasteiger partial charge < -0.3 is 15.6 Å². The molecule has 0 saturated heterocycles. The van der Waals surface area contributed by atoms with Crippen molar-refractivity contribution in [2.24, 2.45) is 0 Å². The Morgan fingerprint density at radius 3 is 2.83 bits per heavy atom. The first-order valence-corrected chi connectivity index (χ1v) is 5.92. The molecule has 5 heteroatoms. The molecule has 0 bridgehead atoms. The molecule has 94 valence electrons. The van der Waals surface area contributed by atoms with Crippen molar-refractivity contribution < 1.29 is 4.79 Å². The number of urea groups is 1. The van der Waals surface area contributed by atoms with Crippen LogP contribution < -0.4 is 10.6 Å². The Morgan fingerprint density at radius 1 is 1.28 bits per heavy atom. The van der Waals surface area contributed by atoms with E-state index in [1.54, 1.807) is 12.5 Å². The number of aryl methyl sites for hydroxylation is 1. The van der Waals surface area contributed by atoms with Gasteiger partial charge in [-0.25, -0.2) is 9.78 Å². The highest BCUT2D eigenvalue weighted by Gasteiger charge is 2.00. The second-order valence-corrected chi connectivity index (χ2v) is 3.93. The third-order valence-corrected chi connectivity index (χ3v) is 2.49. The average molecular weight is 244 g/mol. The van der Waals surface area contributed by atoms with Crippen LogP contribution in [0.4, 0.5) is 10.5 Å². The summed E-state index contributed by atoms with van der Waals surface area (Å²) in [6.07, 6.45) is 5.21. The van der Waals surface area contributed by atoms with E-state index in [4.69, 9.17) is 0 Å². The van der Waals surface area contributed by atoms with Gasteiger partial charge in [-0.3, -0.25) is 0 Å². The summed E-state index contributed by atoms with van der Waals surface area (Å²) in [6.45, 7) is 0.637. The molecule has 2 rings (SSSR count). The lowest BCUT2D eigenvalue weighted by molar-refractivity contribution is 0.252. The van der Waals surface area contributed by atoms with E-state index in [0.717, 1.165) is 24.2 Å². The van der Waals surface area contributed by atoms with Crippen LogP contribution in [0.25, 0.3) is 0 Å². The van der Waals surface area contributed by atoms with Crippen LogP contribution in [0.1, 0.15) is 12.1 Å². The van der Waals surface area contributed by atoms with Crippen molar-refractivity contribution in [2.45, 2.75) is 12.8 Å². The van der Waals surface area contributed by atoms with Crippen molar-refractivity contribution in [3.63, 3.8) is 0 Å². The lowest BCUT2D eigenvalue weighted by atomic mass is 10.2. The minimum atomic E-state index is -0.175. The normalized spacial score (nSPS) is 10.0. The summed E-state index contributed by atoms with van der Waals surface area (Å²) >= 11 is 0. The van der Waals surface area contributed by atoms with Crippen molar-refractivity contribution in [2.75, 3.05) is 11.9 Å². The number of carbonyl (C=O) groups is 1. The maximum absolute atomic E-state index is 11.5. The predicted octanol–water partition coefficient (Wildman–Crippen LogP) is 2.16. The average Bonchev–Trinajstić information content (AvgIpc) is 2.89. The summed E-state index contributed by atoms with van der Waals surface area (Å²) in [5.74, 6) is 0. The molecule has 0 aliphatic carbocycles. The van der Waals surface area contributed by atoms with Crippen LogP contribution in [0.3, 0.4) is 0 Å². The third-order valence-electron chi connectivity index (χ3n) is 2.49. The summed E-state index contributed by atoms with van der Waals surface area (Å²) in [4.78, 5) is 18.5. The van der Waals surface area contributed by atoms with Gasteiger partial charge in [0.05, 0.1) is 6.33 Å². The van der Waals surface area contributed by atoms with E-state index < -0.39 is 0 Å². The molecule has 0 atom stereocenters. The zero-order valence-electron chi connectivity index (χ0n) is 10.0. The number of imidazole rings is 1. The molecule has 0 unspecified atom stereocenters. The van der Waals surface area contributed by atoms with Gasteiger partial charge in [-0.2, -0.15) is 0 Å². The predicted molar refractivity (Wildman–Crippen MR) is 70.4 cm³/mol. The molecule has 0 aliphatic rings. The number of carbonyl (C=O) groups excluding carboxylic acids is 1. The maximum Gasteiger partial charge on any atom is 0.319 e. The van der Waals surface area contributed by atoms with Crippen LogP contribution in [-0.2, 0) is 6.42 Å². The van der Waals surface area contributed by atoms with Gasteiger partial charge in [0.25, 0.3) is 0 Å². The smallest absolute Gasteiger partial charge is 0.319 e. The maximum atomic E-state index is 11.5. The van der Waals surface area contributed by atoms with Crippen LogP contribution >= 0.6 is 0 Å². The van der Waals surface area contributed by atoms with E-state index >= 15 is 0 Å². The second-order valence-electron chi connectivity index (χ2n) is 3.93. The summed E-state index contributed by atoms with van der Waals surface area (Å²) < 4.78 is 0. The SMILES string of the molecule is O=C(NCCCc1cnc[nH]1)Nc1ccccc1. The van der Waals surface area contributed by atoms with E-state index in [1.807, 2.05) is 30.3 Å².